The average Bonchev–Trinajstić information content (AvgIpc) is 0.825. The quantitative estimate of drug-likeness (QED) is 0.0322. The third-order valence-corrected chi connectivity index (χ3v) is 16.6. The van der Waals surface area contributed by atoms with Crippen LogP contribution in [0.15, 0.2) is 310 Å². The highest BCUT2D eigenvalue weighted by molar-refractivity contribution is 5.77. The molecule has 0 saturated carbocycles. The molecule has 0 spiro atoms. The smallest absolute Gasteiger partial charge is 0.311 e. The number of hydrogen-bond donors (Lipinski definition) is 4. The molecule has 4 N–H and O–H groups in total. The van der Waals surface area contributed by atoms with Gasteiger partial charge in [-0.2, -0.15) is 0 Å². The summed E-state index contributed by atoms with van der Waals surface area (Å²) < 4.78 is 31.3. The van der Waals surface area contributed by atoms with Crippen molar-refractivity contribution >= 4 is 68.8 Å². The Hall–Kier alpha value is -15.6. The number of methoxy groups -OCH3 is 5. The fourth-order valence-electron chi connectivity index (χ4n) is 11.2. The lowest BCUT2D eigenvalue weighted by molar-refractivity contribution is -0.385. The maximum absolute atomic E-state index is 11.3. The van der Waals surface area contributed by atoms with Gasteiger partial charge in [-0.3, -0.25) is 40.5 Å². The number of nitro groups is 4. The van der Waals surface area contributed by atoms with Crippen molar-refractivity contribution in [3.8, 4) is 95.9 Å². The maximum atomic E-state index is 11.3. The van der Waals surface area contributed by atoms with Crippen LogP contribution in [-0.4, -0.2) is 75.2 Å². The summed E-state index contributed by atoms with van der Waals surface area (Å²) in [5, 5.41) is 58.0. The highest BCUT2D eigenvalue weighted by atomic mass is 16.6. The lowest BCUT2D eigenvalue weighted by atomic mass is 10.0. The van der Waals surface area contributed by atoms with Crippen molar-refractivity contribution in [1.29, 1.82) is 0 Å². The molecule has 0 fully saturated rings. The summed E-state index contributed by atoms with van der Waals surface area (Å²) in [6.45, 7) is 0. The number of nitro benzene ring substituents is 4. The van der Waals surface area contributed by atoms with E-state index in [1.54, 1.807) is 92.6 Å². The van der Waals surface area contributed by atoms with Crippen LogP contribution in [0, 0.1) is 40.5 Å². The molecule has 0 amide bonds. The third-order valence-electron chi connectivity index (χ3n) is 16.6. The van der Waals surface area contributed by atoms with Gasteiger partial charge in [0.15, 0.2) is 23.0 Å². The number of ether oxygens (including phenoxy) is 6. The molecule has 10 aromatic carbocycles. The highest BCUT2D eigenvalue weighted by Crippen LogP contribution is 2.39. The largest absolute Gasteiger partial charge is 0.497 e. The van der Waals surface area contributed by atoms with E-state index >= 15 is 0 Å². The Morgan fingerprint density at radius 2 is 0.514 bits per heavy atom. The monoisotopic (exact) mass is 1480 g/mol. The van der Waals surface area contributed by atoms with E-state index in [1.165, 1.54) is 52.7 Å². The Bertz CT molecular complexity index is 5570. The van der Waals surface area contributed by atoms with Crippen LogP contribution in [0.3, 0.4) is 0 Å². The van der Waals surface area contributed by atoms with Crippen LogP contribution in [-0.2, 0) is 0 Å². The van der Waals surface area contributed by atoms with Gasteiger partial charge in [0, 0.05) is 83.9 Å². The van der Waals surface area contributed by atoms with Gasteiger partial charge in [-0.25, -0.2) is 19.9 Å². The van der Waals surface area contributed by atoms with E-state index in [1.807, 2.05) is 176 Å². The van der Waals surface area contributed by atoms with Crippen LogP contribution in [0.5, 0.6) is 40.2 Å². The zero-order valence-electron chi connectivity index (χ0n) is 60.2. The highest BCUT2D eigenvalue weighted by Gasteiger charge is 2.21. The van der Waals surface area contributed by atoms with Gasteiger partial charge in [0.1, 0.15) is 40.5 Å². The van der Waals surface area contributed by atoms with E-state index in [9.17, 15) is 40.5 Å². The second kappa shape index (κ2) is 37.4. The van der Waals surface area contributed by atoms with Gasteiger partial charge in [-0.1, -0.05) is 115 Å². The third kappa shape index (κ3) is 20.9. The molecule has 0 atom stereocenters. The lowest BCUT2D eigenvalue weighted by Crippen LogP contribution is -1.96. The van der Waals surface area contributed by atoms with E-state index in [2.05, 4.69) is 65.5 Å². The number of rotatable bonds is 24. The van der Waals surface area contributed by atoms with Crippen molar-refractivity contribution in [2.45, 2.75) is 0 Å². The Labute approximate surface area is 636 Å². The summed E-state index contributed by atoms with van der Waals surface area (Å²) in [5.41, 5.74) is 11.5. The van der Waals surface area contributed by atoms with Gasteiger partial charge < -0.3 is 49.7 Å². The molecule has 14 rings (SSSR count). The Balaban J connectivity index is 0.000000147. The van der Waals surface area contributed by atoms with E-state index < -0.39 is 19.7 Å². The Morgan fingerprint density at radius 1 is 0.243 bits per heavy atom. The number of benzene rings is 10. The number of para-hydroxylation sites is 2. The standard InChI is InChI=1S/C24H19N3O4.C24H19N3O3.C19H17N3O4.C18H15N3O3/c1-30-23-11-10-17(14-22(23)27(28)29)18-12-13-25-24(15-18)26-19-6-5-9-21(16-19)31-20-7-3-2-4-8-20;1-30-23-11-10-19(15-22(23)27(28)29)20-12-13-25-24(16-20)26-21-9-5-8-18(14-21)17-6-3-2-4-7-17;1-25-16-5-3-4-15(12-16)21-19-11-14(8-9-20-19)13-6-7-18(26-2)17(10-13)22(23)24;1-24-17-8-7-13(11-16(17)21(22)23)14-9-10-19-18(12-14)20-15-5-3-2-4-6-15/h2-16H,1H3,(H,25,26);2-16H,1H3,(H,25,26);3-12H,1-2H3,(H,20,21);2-12H,1H3,(H,19,20). The van der Waals surface area contributed by atoms with Crippen LogP contribution in [0.25, 0.3) is 55.6 Å². The molecule has 4 heterocycles. The molecule has 554 valence electrons. The summed E-state index contributed by atoms with van der Waals surface area (Å²) in [6.07, 6.45) is 6.64. The average molecular weight is 1480 g/mol. The maximum Gasteiger partial charge on any atom is 0.311 e. The number of anilines is 8. The second-order valence-corrected chi connectivity index (χ2v) is 23.8. The van der Waals surface area contributed by atoms with Gasteiger partial charge in [-0.05, 0) is 189 Å². The van der Waals surface area contributed by atoms with E-state index in [4.69, 9.17) is 28.4 Å². The predicted octanol–water partition coefficient (Wildman–Crippen LogP) is 21.1. The Morgan fingerprint density at radius 3 is 0.865 bits per heavy atom. The molecule has 0 aliphatic heterocycles. The zero-order chi connectivity index (χ0) is 78.0. The number of aromatic nitrogens is 4. The fraction of sp³-hybridized carbons (Fsp3) is 0.0588. The summed E-state index contributed by atoms with van der Waals surface area (Å²) in [7, 11) is 7.25. The van der Waals surface area contributed by atoms with Crippen molar-refractivity contribution in [1.82, 2.24) is 19.9 Å². The molecular formula is C85H70N12O14. The topological polar surface area (TPSA) is 328 Å². The van der Waals surface area contributed by atoms with Crippen LogP contribution in [0.4, 0.5) is 68.8 Å². The van der Waals surface area contributed by atoms with Gasteiger partial charge >= 0.3 is 22.7 Å². The molecule has 26 nitrogen and oxygen atoms in total. The molecule has 26 heteroatoms. The first-order valence-corrected chi connectivity index (χ1v) is 33.9. The summed E-state index contributed by atoms with van der Waals surface area (Å²) in [4.78, 5) is 60.5. The molecule has 4 aromatic heterocycles. The molecule has 0 unspecified atom stereocenters. The van der Waals surface area contributed by atoms with Crippen LogP contribution >= 0.6 is 0 Å². The van der Waals surface area contributed by atoms with Crippen LogP contribution in [0.2, 0.25) is 0 Å². The molecule has 14 aromatic rings. The first-order valence-electron chi connectivity index (χ1n) is 33.9. The van der Waals surface area contributed by atoms with Crippen molar-refractivity contribution in [3.63, 3.8) is 0 Å². The van der Waals surface area contributed by atoms with Gasteiger partial charge in [-0.15, -0.1) is 0 Å². The minimum absolute atomic E-state index is 0.0654. The Kier molecular flexibility index (Phi) is 25.8. The molecule has 0 aliphatic carbocycles. The van der Waals surface area contributed by atoms with E-state index in [-0.39, 0.29) is 45.7 Å². The minimum Gasteiger partial charge on any atom is -0.497 e. The lowest BCUT2D eigenvalue weighted by Gasteiger charge is -2.10. The molecule has 0 saturated heterocycles. The van der Waals surface area contributed by atoms with Crippen LogP contribution < -0.4 is 49.7 Å². The fourth-order valence-corrected chi connectivity index (χ4v) is 11.2. The second-order valence-electron chi connectivity index (χ2n) is 23.8. The number of pyridine rings is 4. The van der Waals surface area contributed by atoms with Crippen molar-refractivity contribution in [2.75, 3.05) is 56.8 Å². The minimum atomic E-state index is -0.459. The van der Waals surface area contributed by atoms with Gasteiger partial charge in [0.05, 0.1) is 55.2 Å². The van der Waals surface area contributed by atoms with Crippen molar-refractivity contribution in [2.24, 2.45) is 0 Å². The molecule has 0 aliphatic rings. The number of nitrogens with one attached hydrogen (secondary N) is 4. The molecule has 0 radical (unpaired) electrons. The van der Waals surface area contributed by atoms with Crippen LogP contribution in [0.1, 0.15) is 0 Å². The summed E-state index contributed by atoms with van der Waals surface area (Å²) in [5.74, 6) is 5.62. The van der Waals surface area contributed by atoms with Crippen molar-refractivity contribution in [3.05, 3.63) is 350 Å². The normalized spacial score (nSPS) is 10.3. The van der Waals surface area contributed by atoms with E-state index in [0.717, 1.165) is 73.2 Å². The first-order chi connectivity index (χ1) is 54.0. The van der Waals surface area contributed by atoms with Gasteiger partial charge in [0.25, 0.3) is 0 Å². The summed E-state index contributed by atoms with van der Waals surface area (Å²) >= 11 is 0. The summed E-state index contributed by atoms with van der Waals surface area (Å²) in [6, 6.07) is 86.5. The predicted molar refractivity (Wildman–Crippen MR) is 429 cm³/mol. The van der Waals surface area contributed by atoms with Crippen molar-refractivity contribution < 1.29 is 48.1 Å². The number of nitrogens with zero attached hydrogens (tertiary/aromatic N) is 8. The SMILES string of the molecule is COc1ccc(-c2ccnc(Nc3cccc(-c4ccccc4)c3)c2)cc1[N+](=O)[O-].COc1ccc(-c2ccnc(Nc3cccc(Oc4ccccc4)c3)c2)cc1[N+](=O)[O-].COc1ccc(-c2ccnc(Nc3ccccc3)c2)cc1[N+](=O)[O-].COc1cccc(Nc2cc(-c3ccc(OC)c([N+](=O)[O-])c3)ccn2)c1. The first kappa shape index (κ1) is 76.5. The van der Waals surface area contributed by atoms with E-state index in [0.29, 0.717) is 45.7 Å². The molecule has 111 heavy (non-hydrogen) atoms. The molecular weight excluding hydrogens is 1410 g/mol. The van der Waals surface area contributed by atoms with Gasteiger partial charge in [0.2, 0.25) is 0 Å². The number of hydrogen-bond acceptors (Lipinski definition) is 22. The molecule has 0 bridgehead atoms. The zero-order valence-corrected chi connectivity index (χ0v) is 60.2.